The van der Waals surface area contributed by atoms with E-state index in [1.807, 2.05) is 17.0 Å². The number of nitrogens with zero attached hydrogens (tertiary/aromatic N) is 2. The van der Waals surface area contributed by atoms with Crippen LogP contribution in [0.2, 0.25) is 5.02 Å². The summed E-state index contributed by atoms with van der Waals surface area (Å²) in [7, 11) is 1.41. The average molecular weight is 457 g/mol. The van der Waals surface area contributed by atoms with Crippen molar-refractivity contribution < 1.29 is 19.4 Å². The second kappa shape index (κ2) is 8.82. The molecule has 8 nitrogen and oxygen atoms in total. The first-order valence-corrected chi connectivity index (χ1v) is 10.5. The van der Waals surface area contributed by atoms with Gasteiger partial charge in [-0.25, -0.2) is 4.98 Å². The minimum absolute atomic E-state index is 0.347. The first-order valence-electron chi connectivity index (χ1n) is 10.1. The van der Waals surface area contributed by atoms with Gasteiger partial charge in [-0.3, -0.25) is 0 Å². The molecule has 0 bridgehead atoms. The van der Waals surface area contributed by atoms with Gasteiger partial charge in [0.1, 0.15) is 17.7 Å². The zero-order valence-electron chi connectivity index (χ0n) is 17.7. The number of imidazole rings is 1. The Kier molecular flexibility index (Phi) is 6.10. The van der Waals surface area contributed by atoms with Crippen LogP contribution in [0, 0.1) is 0 Å². The van der Waals surface area contributed by atoms with Crippen LogP contribution < -0.4 is 15.4 Å². The summed E-state index contributed by atoms with van der Waals surface area (Å²) in [6.45, 7) is 2.01. The van der Waals surface area contributed by atoms with Gasteiger partial charge in [0.05, 0.1) is 12.6 Å². The van der Waals surface area contributed by atoms with Gasteiger partial charge < -0.3 is 35.0 Å². The molecule has 1 unspecified atom stereocenters. The third-order valence-electron chi connectivity index (χ3n) is 5.88. The summed E-state index contributed by atoms with van der Waals surface area (Å²) in [6.07, 6.45) is 1.89. The van der Waals surface area contributed by atoms with E-state index in [9.17, 15) is 9.90 Å². The monoisotopic (exact) mass is 456 g/mol. The number of nitrogen functional groups attached to an aromatic ring is 1. The Morgan fingerprint density at radius 3 is 2.75 bits per heavy atom. The molecule has 32 heavy (non-hydrogen) atoms. The molecule has 0 fully saturated rings. The molecule has 9 heteroatoms. The number of H-pyrrole nitrogens is 1. The maximum Gasteiger partial charge on any atom is 0.167 e. The molecule has 168 valence electrons. The lowest BCUT2D eigenvalue weighted by molar-refractivity contribution is -0.156. The van der Waals surface area contributed by atoms with Gasteiger partial charge >= 0.3 is 0 Å². The molecule has 0 aliphatic carbocycles. The molecule has 4 atom stereocenters. The summed E-state index contributed by atoms with van der Waals surface area (Å²) in [5.74, 6) is 1.21. The van der Waals surface area contributed by atoms with E-state index in [0.29, 0.717) is 40.7 Å². The van der Waals surface area contributed by atoms with Crippen molar-refractivity contribution in [3.63, 3.8) is 0 Å². The van der Waals surface area contributed by atoms with Crippen LogP contribution in [0.5, 0.6) is 5.75 Å². The minimum Gasteiger partial charge on any atom is -0.481 e. The summed E-state index contributed by atoms with van der Waals surface area (Å²) in [5, 5.41) is 12.3. The van der Waals surface area contributed by atoms with Crippen LogP contribution in [-0.4, -0.2) is 46.3 Å². The molecule has 0 amide bonds. The van der Waals surface area contributed by atoms with Gasteiger partial charge in [0.2, 0.25) is 0 Å². The minimum atomic E-state index is -1.35. The summed E-state index contributed by atoms with van der Waals surface area (Å²) in [4.78, 5) is 21.3. The van der Waals surface area contributed by atoms with E-state index in [2.05, 4.69) is 9.97 Å². The van der Waals surface area contributed by atoms with E-state index >= 15 is 0 Å². The molecule has 4 rings (SSSR count). The van der Waals surface area contributed by atoms with Crippen LogP contribution in [0.1, 0.15) is 24.4 Å². The van der Waals surface area contributed by atoms with Crippen LogP contribution in [0.15, 0.2) is 54.9 Å². The number of anilines is 2. The number of aliphatic hydroxyl groups excluding tert-OH is 1. The van der Waals surface area contributed by atoms with Gasteiger partial charge in [0.15, 0.2) is 18.0 Å². The lowest BCUT2D eigenvalue weighted by atomic mass is 9.80. The van der Waals surface area contributed by atoms with Crippen LogP contribution >= 0.6 is 11.6 Å². The number of hydrogen-bond donors (Lipinski definition) is 3. The number of aliphatic hydroxyl groups is 1. The Morgan fingerprint density at radius 2 is 2.12 bits per heavy atom. The smallest absolute Gasteiger partial charge is 0.167 e. The Bertz CT molecular complexity index is 1080. The van der Waals surface area contributed by atoms with E-state index in [1.54, 1.807) is 49.6 Å². The van der Waals surface area contributed by atoms with Crippen molar-refractivity contribution in [2.75, 3.05) is 17.7 Å². The van der Waals surface area contributed by atoms with Gasteiger partial charge in [-0.2, -0.15) is 0 Å². The number of aldehydes is 1. The number of nitrogens with two attached hydrogens (primary N) is 1. The molecule has 2 aromatic carbocycles. The highest BCUT2D eigenvalue weighted by Gasteiger charge is 2.53. The zero-order valence-corrected chi connectivity index (χ0v) is 18.5. The number of fused-ring (bicyclic) bond motifs is 1. The van der Waals surface area contributed by atoms with Crippen molar-refractivity contribution in [3.05, 3.63) is 71.3 Å². The molecule has 0 saturated heterocycles. The fraction of sp³-hybridized carbons (Fsp3) is 0.304. The third-order valence-corrected chi connectivity index (χ3v) is 6.13. The summed E-state index contributed by atoms with van der Waals surface area (Å²) >= 11 is 6.12. The fourth-order valence-electron chi connectivity index (χ4n) is 4.19. The number of hydrogen-bond acceptors (Lipinski definition) is 7. The number of ether oxygens (including phenoxy) is 2. The number of carbonyl (C=O) groups excluding carboxylic acids is 1. The van der Waals surface area contributed by atoms with Crippen molar-refractivity contribution in [3.8, 4) is 5.75 Å². The number of aromatic nitrogens is 2. The Balaban J connectivity index is 1.89. The number of aromatic amines is 1. The Hall–Kier alpha value is -3.07. The van der Waals surface area contributed by atoms with E-state index in [-0.39, 0.29) is 0 Å². The Labute approximate surface area is 190 Å². The predicted molar refractivity (Wildman–Crippen MR) is 122 cm³/mol. The van der Waals surface area contributed by atoms with E-state index < -0.39 is 23.9 Å². The van der Waals surface area contributed by atoms with Gasteiger partial charge in [-0.1, -0.05) is 11.6 Å². The molecular formula is C23H25ClN4O4. The molecule has 1 aromatic heterocycles. The Morgan fingerprint density at radius 1 is 1.38 bits per heavy atom. The van der Waals surface area contributed by atoms with Gasteiger partial charge in [0.25, 0.3) is 0 Å². The number of rotatable bonds is 7. The topological polar surface area (TPSA) is 114 Å². The maximum absolute atomic E-state index is 11.8. The molecule has 2 heterocycles. The molecule has 1 aliphatic heterocycles. The van der Waals surface area contributed by atoms with Gasteiger partial charge in [0, 0.05) is 41.5 Å². The lowest BCUT2D eigenvalue weighted by Gasteiger charge is -2.49. The summed E-state index contributed by atoms with van der Waals surface area (Å²) in [6, 6.07) is 11.9. The van der Waals surface area contributed by atoms with Crippen molar-refractivity contribution in [1.82, 2.24) is 9.97 Å². The van der Waals surface area contributed by atoms with Crippen LogP contribution in [-0.2, 0) is 16.1 Å². The standard InChI is InChI=1S/C23H25ClN4O4/c1-23(19(13-29)31-2)22(30)21(17-11-15(25)5-8-18(17)32-23)28(12-20-26-9-10-27-20)16-6-3-14(24)4-7-16/h3-11,13,19,21-22,30H,12,25H2,1-2H3,(H,26,27)/t19?,21-,22+,23-/m0/s1. The predicted octanol–water partition coefficient (Wildman–Crippen LogP) is 3.12. The molecule has 1 aliphatic rings. The van der Waals surface area contributed by atoms with Crippen molar-refractivity contribution >= 4 is 29.3 Å². The number of benzene rings is 2. The van der Waals surface area contributed by atoms with E-state index in [4.69, 9.17) is 26.8 Å². The van der Waals surface area contributed by atoms with E-state index in [1.165, 1.54) is 7.11 Å². The molecule has 4 N–H and O–H groups in total. The number of halogens is 1. The summed E-state index contributed by atoms with van der Waals surface area (Å²) < 4.78 is 11.5. The van der Waals surface area contributed by atoms with Crippen molar-refractivity contribution in [2.24, 2.45) is 0 Å². The van der Waals surface area contributed by atoms with Crippen molar-refractivity contribution in [2.45, 2.75) is 37.3 Å². The number of methoxy groups -OCH3 is 1. The quantitative estimate of drug-likeness (QED) is 0.369. The van der Waals surface area contributed by atoms with Gasteiger partial charge in [-0.05, 0) is 49.4 Å². The summed E-state index contributed by atoms with van der Waals surface area (Å²) in [5.41, 5.74) is 6.76. The fourth-order valence-corrected chi connectivity index (χ4v) is 4.32. The molecule has 3 aromatic rings. The number of nitrogens with one attached hydrogen (secondary N) is 1. The van der Waals surface area contributed by atoms with Crippen LogP contribution in [0.3, 0.4) is 0 Å². The van der Waals surface area contributed by atoms with Crippen molar-refractivity contribution in [1.29, 1.82) is 0 Å². The second-order valence-electron chi connectivity index (χ2n) is 7.91. The molecular weight excluding hydrogens is 432 g/mol. The largest absolute Gasteiger partial charge is 0.481 e. The van der Waals surface area contributed by atoms with Crippen LogP contribution in [0.25, 0.3) is 0 Å². The SMILES string of the molecule is COC(C=O)[C@]1(C)Oc2ccc(N)cc2[C@H](N(Cc2ncc[nH]2)c2ccc(Cl)cc2)[C@H]1O. The maximum atomic E-state index is 11.8. The highest BCUT2D eigenvalue weighted by atomic mass is 35.5. The van der Waals surface area contributed by atoms with Gasteiger partial charge in [-0.15, -0.1) is 0 Å². The number of carbonyl (C=O) groups is 1. The second-order valence-corrected chi connectivity index (χ2v) is 8.34. The third kappa shape index (κ3) is 3.92. The first-order chi connectivity index (χ1) is 15.4. The average Bonchev–Trinajstić information content (AvgIpc) is 3.29. The normalized spacial score (nSPS) is 23.1. The van der Waals surface area contributed by atoms with Crippen LogP contribution in [0.4, 0.5) is 11.4 Å². The lowest BCUT2D eigenvalue weighted by Crippen LogP contribution is -2.62. The highest BCUT2D eigenvalue weighted by molar-refractivity contribution is 6.30. The molecule has 0 spiro atoms. The first kappa shape index (κ1) is 22.1. The molecule has 0 saturated carbocycles. The zero-order chi connectivity index (χ0) is 22.9. The highest BCUT2D eigenvalue weighted by Crippen LogP contribution is 2.47. The molecule has 0 radical (unpaired) electrons. The van der Waals surface area contributed by atoms with E-state index in [0.717, 1.165) is 5.69 Å².